The predicted molar refractivity (Wildman–Crippen MR) is 74.1 cm³/mol. The number of unbranched alkanes of at least 4 members (excludes halogenated alkanes) is 4. The molecular formula is C15H26N2O. The molecule has 0 bridgehead atoms. The molecular weight excluding hydrogens is 224 g/mol. The van der Waals surface area contributed by atoms with Crippen molar-refractivity contribution in [2.45, 2.75) is 64.9 Å². The second kappa shape index (κ2) is 9.03. The van der Waals surface area contributed by atoms with Gasteiger partial charge in [0.2, 0.25) is 0 Å². The lowest BCUT2D eigenvalue weighted by Gasteiger charge is -2.20. The van der Waals surface area contributed by atoms with Gasteiger partial charge in [-0.2, -0.15) is 0 Å². The standard InChI is InChI=1S/C15H26N2O/c1-3-5-6-7-8-9-13(4-2)15(18)14-10-11-16-12-17-14/h10-13,15,18H,3-9H2,1-2H3. The second-order valence-corrected chi connectivity index (χ2v) is 4.95. The van der Waals surface area contributed by atoms with Crippen LogP contribution in [0.2, 0.25) is 0 Å². The number of aliphatic hydroxyl groups is 1. The number of aromatic nitrogens is 2. The first-order valence-electron chi connectivity index (χ1n) is 7.23. The van der Waals surface area contributed by atoms with E-state index in [9.17, 15) is 5.11 Å². The van der Waals surface area contributed by atoms with Gasteiger partial charge >= 0.3 is 0 Å². The Bertz CT molecular complexity index is 303. The Morgan fingerprint density at radius 3 is 2.56 bits per heavy atom. The fraction of sp³-hybridized carbons (Fsp3) is 0.733. The van der Waals surface area contributed by atoms with E-state index in [1.807, 2.05) is 6.07 Å². The van der Waals surface area contributed by atoms with E-state index in [-0.39, 0.29) is 0 Å². The molecule has 1 aromatic heterocycles. The van der Waals surface area contributed by atoms with Gasteiger partial charge in [0.05, 0.1) is 11.8 Å². The van der Waals surface area contributed by atoms with Crippen LogP contribution in [0.15, 0.2) is 18.6 Å². The maximum Gasteiger partial charge on any atom is 0.115 e. The third-order valence-corrected chi connectivity index (χ3v) is 3.56. The predicted octanol–water partition coefficient (Wildman–Crippen LogP) is 3.90. The monoisotopic (exact) mass is 250 g/mol. The summed E-state index contributed by atoms with van der Waals surface area (Å²) in [7, 11) is 0. The van der Waals surface area contributed by atoms with Crippen molar-refractivity contribution in [1.82, 2.24) is 9.97 Å². The molecule has 2 unspecified atom stereocenters. The fourth-order valence-corrected chi connectivity index (χ4v) is 2.31. The molecule has 0 radical (unpaired) electrons. The highest BCUT2D eigenvalue weighted by molar-refractivity contribution is 5.03. The molecule has 0 amide bonds. The van der Waals surface area contributed by atoms with Crippen LogP contribution < -0.4 is 0 Å². The van der Waals surface area contributed by atoms with Crippen molar-refractivity contribution in [2.75, 3.05) is 0 Å². The lowest BCUT2D eigenvalue weighted by Crippen LogP contribution is -2.13. The summed E-state index contributed by atoms with van der Waals surface area (Å²) in [5.74, 6) is 0.321. The van der Waals surface area contributed by atoms with Crippen molar-refractivity contribution in [3.63, 3.8) is 0 Å². The molecule has 1 N–H and O–H groups in total. The van der Waals surface area contributed by atoms with Gasteiger partial charge in [-0.1, -0.05) is 52.4 Å². The van der Waals surface area contributed by atoms with Crippen LogP contribution in [0.1, 0.15) is 70.6 Å². The van der Waals surface area contributed by atoms with Crippen LogP contribution in [0.25, 0.3) is 0 Å². The van der Waals surface area contributed by atoms with Crippen LogP contribution in [0, 0.1) is 5.92 Å². The van der Waals surface area contributed by atoms with Crippen LogP contribution in [-0.4, -0.2) is 15.1 Å². The van der Waals surface area contributed by atoms with Gasteiger partial charge in [0.15, 0.2) is 0 Å². The highest BCUT2D eigenvalue weighted by Gasteiger charge is 2.19. The van der Waals surface area contributed by atoms with Gasteiger partial charge in [0, 0.05) is 6.20 Å². The summed E-state index contributed by atoms with van der Waals surface area (Å²) in [5, 5.41) is 10.3. The molecule has 18 heavy (non-hydrogen) atoms. The third kappa shape index (κ3) is 5.13. The zero-order valence-electron chi connectivity index (χ0n) is 11.7. The zero-order valence-corrected chi connectivity index (χ0v) is 11.7. The fourth-order valence-electron chi connectivity index (χ4n) is 2.31. The van der Waals surface area contributed by atoms with E-state index in [0.29, 0.717) is 5.92 Å². The summed E-state index contributed by atoms with van der Waals surface area (Å²) in [5.41, 5.74) is 0.755. The van der Waals surface area contributed by atoms with Gasteiger partial charge < -0.3 is 5.11 Å². The average Bonchev–Trinajstić information content (AvgIpc) is 2.43. The first-order valence-corrected chi connectivity index (χ1v) is 7.23. The van der Waals surface area contributed by atoms with Gasteiger partial charge in [-0.3, -0.25) is 0 Å². The Hall–Kier alpha value is -0.960. The molecule has 3 heteroatoms. The molecule has 0 aliphatic rings. The number of hydrogen-bond donors (Lipinski definition) is 1. The van der Waals surface area contributed by atoms with Crippen LogP contribution >= 0.6 is 0 Å². The highest BCUT2D eigenvalue weighted by atomic mass is 16.3. The molecule has 0 aliphatic carbocycles. The first-order chi connectivity index (χ1) is 8.79. The minimum absolute atomic E-state index is 0.321. The molecule has 0 saturated heterocycles. The topological polar surface area (TPSA) is 46.0 Å². The zero-order chi connectivity index (χ0) is 13.2. The third-order valence-electron chi connectivity index (χ3n) is 3.56. The number of hydrogen-bond acceptors (Lipinski definition) is 3. The van der Waals surface area contributed by atoms with Crippen molar-refractivity contribution in [3.8, 4) is 0 Å². The van der Waals surface area contributed by atoms with Crippen molar-refractivity contribution in [2.24, 2.45) is 5.92 Å². The van der Waals surface area contributed by atoms with Crippen LogP contribution in [0.5, 0.6) is 0 Å². The van der Waals surface area contributed by atoms with E-state index in [0.717, 1.165) is 18.5 Å². The van der Waals surface area contributed by atoms with E-state index < -0.39 is 6.10 Å². The van der Waals surface area contributed by atoms with Crippen molar-refractivity contribution in [3.05, 3.63) is 24.3 Å². The lowest BCUT2D eigenvalue weighted by molar-refractivity contribution is 0.0944. The maximum atomic E-state index is 10.3. The first kappa shape index (κ1) is 15.1. The minimum Gasteiger partial charge on any atom is -0.387 e. The van der Waals surface area contributed by atoms with Crippen LogP contribution in [0.3, 0.4) is 0 Å². The average molecular weight is 250 g/mol. The molecule has 0 aromatic carbocycles. The van der Waals surface area contributed by atoms with E-state index in [1.54, 1.807) is 6.20 Å². The van der Waals surface area contributed by atoms with E-state index >= 15 is 0 Å². The summed E-state index contributed by atoms with van der Waals surface area (Å²) < 4.78 is 0. The van der Waals surface area contributed by atoms with E-state index in [2.05, 4.69) is 23.8 Å². The highest BCUT2D eigenvalue weighted by Crippen LogP contribution is 2.27. The second-order valence-electron chi connectivity index (χ2n) is 4.95. The molecule has 1 aromatic rings. The Labute approximate surface area is 111 Å². The maximum absolute atomic E-state index is 10.3. The molecule has 0 spiro atoms. The van der Waals surface area contributed by atoms with Crippen molar-refractivity contribution >= 4 is 0 Å². The summed E-state index contributed by atoms with van der Waals surface area (Å²) in [6.07, 6.45) is 11.3. The Kier molecular flexibility index (Phi) is 7.58. The van der Waals surface area contributed by atoms with Gasteiger partial charge in [-0.15, -0.1) is 0 Å². The normalized spacial score (nSPS) is 14.4. The van der Waals surface area contributed by atoms with E-state index in [1.165, 1.54) is 38.4 Å². The lowest BCUT2D eigenvalue weighted by atomic mass is 9.91. The smallest absolute Gasteiger partial charge is 0.115 e. The molecule has 0 fully saturated rings. The van der Waals surface area contributed by atoms with Crippen LogP contribution in [-0.2, 0) is 0 Å². The van der Waals surface area contributed by atoms with Crippen LogP contribution in [0.4, 0.5) is 0 Å². The molecule has 1 rings (SSSR count). The Balaban J connectivity index is 2.36. The molecule has 2 atom stereocenters. The summed E-state index contributed by atoms with van der Waals surface area (Å²) >= 11 is 0. The van der Waals surface area contributed by atoms with Gasteiger partial charge in [-0.25, -0.2) is 9.97 Å². The van der Waals surface area contributed by atoms with Gasteiger partial charge in [-0.05, 0) is 18.4 Å². The molecule has 0 saturated carbocycles. The summed E-state index contributed by atoms with van der Waals surface area (Å²) in [4.78, 5) is 8.03. The molecule has 1 heterocycles. The quantitative estimate of drug-likeness (QED) is 0.676. The molecule has 0 aliphatic heterocycles. The molecule has 102 valence electrons. The number of aliphatic hydroxyl groups excluding tert-OH is 1. The van der Waals surface area contributed by atoms with Crippen molar-refractivity contribution < 1.29 is 5.11 Å². The largest absolute Gasteiger partial charge is 0.387 e. The molecule has 3 nitrogen and oxygen atoms in total. The SMILES string of the molecule is CCCCCCCC(CC)C(O)c1ccncn1. The summed E-state index contributed by atoms with van der Waals surface area (Å²) in [6.45, 7) is 4.37. The Morgan fingerprint density at radius 1 is 1.17 bits per heavy atom. The van der Waals surface area contributed by atoms with Gasteiger partial charge in [0.25, 0.3) is 0 Å². The minimum atomic E-state index is -0.441. The summed E-state index contributed by atoms with van der Waals surface area (Å²) in [6, 6.07) is 1.81. The van der Waals surface area contributed by atoms with Crippen molar-refractivity contribution in [1.29, 1.82) is 0 Å². The Morgan fingerprint density at radius 2 is 1.94 bits per heavy atom. The number of nitrogens with zero attached hydrogens (tertiary/aromatic N) is 2. The number of rotatable bonds is 9. The van der Waals surface area contributed by atoms with E-state index in [4.69, 9.17) is 0 Å². The van der Waals surface area contributed by atoms with Gasteiger partial charge in [0.1, 0.15) is 6.33 Å².